The molecular weight excluding hydrogens is 198 g/mol. The molecule has 0 fully saturated rings. The maximum Gasteiger partial charge on any atom is 0.122 e. The third kappa shape index (κ3) is 2.02. The van der Waals surface area contributed by atoms with E-state index in [-0.39, 0.29) is 18.4 Å². The van der Waals surface area contributed by atoms with Crippen LogP contribution in [0.2, 0.25) is 0 Å². The van der Waals surface area contributed by atoms with Crippen LogP contribution in [0.4, 0.5) is 0 Å². The highest BCUT2D eigenvalue weighted by atomic mass is 35.5. The molecule has 1 aliphatic rings. The van der Waals surface area contributed by atoms with Gasteiger partial charge in [0.15, 0.2) is 0 Å². The van der Waals surface area contributed by atoms with E-state index in [9.17, 15) is 0 Å². The van der Waals surface area contributed by atoms with Crippen LogP contribution in [-0.4, -0.2) is 12.6 Å². The van der Waals surface area contributed by atoms with E-state index in [1.54, 1.807) is 0 Å². The molecule has 1 aromatic rings. The molecule has 1 aromatic carbocycles. The Hall–Kier alpha value is -0.730. The van der Waals surface area contributed by atoms with E-state index in [0.717, 1.165) is 12.2 Å². The number of halogens is 1. The second kappa shape index (κ2) is 4.20. The molecule has 0 radical (unpaired) electrons. The van der Waals surface area contributed by atoms with Crippen LogP contribution in [-0.2, 0) is 6.42 Å². The van der Waals surface area contributed by atoms with Gasteiger partial charge in [-0.25, -0.2) is 0 Å². The zero-order chi connectivity index (χ0) is 9.42. The third-order valence-corrected chi connectivity index (χ3v) is 2.61. The van der Waals surface area contributed by atoms with Crippen molar-refractivity contribution in [3.63, 3.8) is 0 Å². The molecule has 0 saturated heterocycles. The van der Waals surface area contributed by atoms with Crippen molar-refractivity contribution in [2.24, 2.45) is 5.73 Å². The van der Waals surface area contributed by atoms with Gasteiger partial charge in [0.05, 0.1) is 0 Å². The van der Waals surface area contributed by atoms with Crippen LogP contribution in [0.1, 0.15) is 16.7 Å². The monoisotopic (exact) mass is 212 g/mol. The first-order valence-electron chi connectivity index (χ1n) is 4.65. The normalized spacial score (nSPS) is 19.2. The molecule has 0 saturated carbocycles. The molecule has 1 atom stereocenters. The van der Waals surface area contributed by atoms with Crippen LogP contribution in [0.25, 0.3) is 0 Å². The summed E-state index contributed by atoms with van der Waals surface area (Å²) in [5.41, 5.74) is 9.67. The van der Waals surface area contributed by atoms with Gasteiger partial charge in [-0.2, -0.15) is 0 Å². The van der Waals surface area contributed by atoms with Gasteiger partial charge >= 0.3 is 0 Å². The first-order valence-corrected chi connectivity index (χ1v) is 4.65. The first-order chi connectivity index (χ1) is 6.16. The van der Waals surface area contributed by atoms with Crippen LogP contribution >= 0.6 is 0 Å². The fraction of sp³-hybridized carbons (Fsp3) is 0.455. The fourth-order valence-electron chi connectivity index (χ4n) is 1.68. The minimum absolute atomic E-state index is 0. The van der Waals surface area contributed by atoms with Crippen molar-refractivity contribution in [3.05, 3.63) is 28.8 Å². The number of ether oxygens (including phenoxy) is 1. The molecule has 78 valence electrons. The molecule has 1 unspecified atom stereocenters. The molecule has 0 amide bonds. The lowest BCUT2D eigenvalue weighted by atomic mass is 9.98. The fourth-order valence-corrected chi connectivity index (χ4v) is 1.68. The Balaban J connectivity index is 0.000000980. The van der Waals surface area contributed by atoms with Crippen LogP contribution in [0.3, 0.4) is 0 Å². The molecule has 0 aliphatic carbocycles. The Morgan fingerprint density at radius 2 is 1.93 bits per heavy atom. The third-order valence-electron chi connectivity index (χ3n) is 2.61. The van der Waals surface area contributed by atoms with Crippen molar-refractivity contribution in [1.29, 1.82) is 0 Å². The second-order valence-corrected chi connectivity index (χ2v) is 3.82. The topological polar surface area (TPSA) is 35.2 Å². The predicted octanol–water partition coefficient (Wildman–Crippen LogP) is -1.43. The van der Waals surface area contributed by atoms with Crippen molar-refractivity contribution < 1.29 is 17.1 Å². The number of rotatable bonds is 0. The molecular formula is C11H15ClNO-. The minimum Gasteiger partial charge on any atom is -1.00 e. The Morgan fingerprint density at radius 1 is 1.29 bits per heavy atom. The first kappa shape index (κ1) is 11.3. The Kier molecular flexibility index (Phi) is 3.40. The number of benzene rings is 1. The van der Waals surface area contributed by atoms with E-state index < -0.39 is 0 Å². The SMILES string of the molecule is Cc1cc2c(cc1C)OCC(N)C2.[Cl-]. The van der Waals surface area contributed by atoms with Gasteiger partial charge in [-0.05, 0) is 43.0 Å². The molecule has 0 bridgehead atoms. The van der Waals surface area contributed by atoms with Crippen molar-refractivity contribution >= 4 is 0 Å². The van der Waals surface area contributed by atoms with E-state index in [2.05, 4.69) is 26.0 Å². The van der Waals surface area contributed by atoms with Gasteiger partial charge in [0, 0.05) is 6.04 Å². The number of aryl methyl sites for hydroxylation is 2. The predicted molar refractivity (Wildman–Crippen MR) is 53.1 cm³/mol. The second-order valence-electron chi connectivity index (χ2n) is 3.82. The van der Waals surface area contributed by atoms with Gasteiger partial charge in [-0.1, -0.05) is 6.07 Å². The smallest absolute Gasteiger partial charge is 0.122 e. The summed E-state index contributed by atoms with van der Waals surface area (Å²) in [6, 6.07) is 4.45. The standard InChI is InChI=1S/C11H15NO.ClH/c1-7-3-9-5-10(12)6-13-11(9)4-8(7)2;/h3-4,10H,5-6,12H2,1-2H3;1H/p-1. The summed E-state index contributed by atoms with van der Waals surface area (Å²) in [5.74, 6) is 1.02. The summed E-state index contributed by atoms with van der Waals surface area (Å²) in [5, 5.41) is 0. The molecule has 3 heteroatoms. The average Bonchev–Trinajstić information content (AvgIpc) is 2.08. The number of hydrogen-bond donors (Lipinski definition) is 1. The molecule has 0 aromatic heterocycles. The summed E-state index contributed by atoms with van der Waals surface area (Å²) in [4.78, 5) is 0. The zero-order valence-electron chi connectivity index (χ0n) is 8.51. The summed E-state index contributed by atoms with van der Waals surface area (Å²) in [6.07, 6.45) is 0.941. The summed E-state index contributed by atoms with van der Waals surface area (Å²) < 4.78 is 5.55. The quantitative estimate of drug-likeness (QED) is 0.573. The summed E-state index contributed by atoms with van der Waals surface area (Å²) in [6.45, 7) is 4.87. The Bertz CT molecular complexity index is 338. The lowest BCUT2D eigenvalue weighted by molar-refractivity contribution is -0.00000324. The molecule has 2 nitrogen and oxygen atoms in total. The molecule has 2 N–H and O–H groups in total. The van der Waals surface area contributed by atoms with E-state index in [0.29, 0.717) is 6.61 Å². The number of fused-ring (bicyclic) bond motifs is 1. The van der Waals surface area contributed by atoms with Crippen LogP contribution < -0.4 is 22.9 Å². The van der Waals surface area contributed by atoms with Crippen LogP contribution in [0.5, 0.6) is 5.75 Å². The highest BCUT2D eigenvalue weighted by Crippen LogP contribution is 2.27. The lowest BCUT2D eigenvalue weighted by Crippen LogP contribution is -3.00. The molecule has 1 heterocycles. The molecule has 14 heavy (non-hydrogen) atoms. The molecule has 1 aliphatic heterocycles. The largest absolute Gasteiger partial charge is 1.00 e. The van der Waals surface area contributed by atoms with Gasteiger partial charge in [-0.3, -0.25) is 0 Å². The van der Waals surface area contributed by atoms with Gasteiger partial charge in [-0.15, -0.1) is 0 Å². The highest BCUT2D eigenvalue weighted by molar-refractivity contribution is 5.43. The minimum atomic E-state index is 0. The van der Waals surface area contributed by atoms with Crippen molar-refractivity contribution in [2.45, 2.75) is 26.3 Å². The Labute approximate surface area is 90.9 Å². The number of nitrogens with two attached hydrogens (primary N) is 1. The molecule has 0 spiro atoms. The van der Waals surface area contributed by atoms with Gasteiger partial charge in [0.2, 0.25) is 0 Å². The van der Waals surface area contributed by atoms with Gasteiger partial charge in [0.1, 0.15) is 12.4 Å². The van der Waals surface area contributed by atoms with E-state index in [1.807, 2.05) is 0 Å². The van der Waals surface area contributed by atoms with Gasteiger partial charge < -0.3 is 22.9 Å². The Morgan fingerprint density at radius 3 is 2.64 bits per heavy atom. The van der Waals surface area contributed by atoms with E-state index in [4.69, 9.17) is 10.5 Å². The highest BCUT2D eigenvalue weighted by Gasteiger charge is 2.16. The maximum absolute atomic E-state index is 5.81. The lowest BCUT2D eigenvalue weighted by Gasteiger charge is -2.23. The van der Waals surface area contributed by atoms with Crippen LogP contribution in [0, 0.1) is 13.8 Å². The summed E-state index contributed by atoms with van der Waals surface area (Å²) in [7, 11) is 0. The van der Waals surface area contributed by atoms with Crippen molar-refractivity contribution in [1.82, 2.24) is 0 Å². The average molecular weight is 213 g/mol. The van der Waals surface area contributed by atoms with E-state index >= 15 is 0 Å². The van der Waals surface area contributed by atoms with Gasteiger partial charge in [0.25, 0.3) is 0 Å². The van der Waals surface area contributed by atoms with E-state index in [1.165, 1.54) is 16.7 Å². The maximum atomic E-state index is 5.81. The van der Waals surface area contributed by atoms with Crippen molar-refractivity contribution in [3.8, 4) is 5.75 Å². The van der Waals surface area contributed by atoms with Crippen molar-refractivity contribution in [2.75, 3.05) is 6.61 Å². The number of hydrogen-bond acceptors (Lipinski definition) is 2. The zero-order valence-corrected chi connectivity index (χ0v) is 9.27. The molecule has 2 rings (SSSR count). The summed E-state index contributed by atoms with van der Waals surface area (Å²) >= 11 is 0. The van der Waals surface area contributed by atoms with Crippen LogP contribution in [0.15, 0.2) is 12.1 Å².